The molecule has 8 heteroatoms. The number of rotatable bonds is 9. The van der Waals surface area contributed by atoms with Crippen LogP contribution in [0.25, 0.3) is 0 Å². The summed E-state index contributed by atoms with van der Waals surface area (Å²) in [6, 6.07) is 14.9. The summed E-state index contributed by atoms with van der Waals surface area (Å²) in [6.45, 7) is 12.8. The molecular weight excluding hydrogens is 553 g/mol. The van der Waals surface area contributed by atoms with E-state index in [1.54, 1.807) is 19.1 Å². The Hall–Kier alpha value is -3.10. The quantitative estimate of drug-likeness (QED) is 0.194. The van der Waals surface area contributed by atoms with E-state index in [2.05, 4.69) is 31.4 Å². The molecule has 2 unspecified atom stereocenters. The number of carbonyl (C=O) groups is 3. The second kappa shape index (κ2) is 13.3. The first kappa shape index (κ1) is 30.8. The minimum atomic E-state index is -0.380. The Morgan fingerprint density at radius 3 is 2.46 bits per heavy atom. The van der Waals surface area contributed by atoms with Crippen LogP contribution in [0.4, 0.5) is 10.7 Å². The SMILES string of the molecule is CCOC(=O)c1c(NC(=O)C(CC)Sc2cccc(NC(=O)c3ccc(C)cc3)c2)sc2c1CCC(C(C)(C)C)C2. The predicted octanol–water partition coefficient (Wildman–Crippen LogP) is 8.15. The molecule has 6 nitrogen and oxygen atoms in total. The fraction of sp³-hybridized carbons (Fsp3) is 0.424. The van der Waals surface area contributed by atoms with Crippen LogP contribution >= 0.6 is 23.1 Å². The average molecular weight is 593 g/mol. The molecule has 0 saturated heterocycles. The Kier molecular flexibility index (Phi) is 9.97. The zero-order chi connectivity index (χ0) is 29.7. The fourth-order valence-corrected chi connectivity index (χ4v) is 7.40. The van der Waals surface area contributed by atoms with Gasteiger partial charge in [-0.2, -0.15) is 0 Å². The van der Waals surface area contributed by atoms with Crippen molar-refractivity contribution in [2.45, 2.75) is 77.4 Å². The maximum Gasteiger partial charge on any atom is 0.341 e. The van der Waals surface area contributed by atoms with E-state index in [9.17, 15) is 14.4 Å². The van der Waals surface area contributed by atoms with Crippen LogP contribution in [0.1, 0.15) is 84.2 Å². The van der Waals surface area contributed by atoms with Gasteiger partial charge in [-0.05, 0) is 86.8 Å². The first-order valence-corrected chi connectivity index (χ1v) is 16.0. The van der Waals surface area contributed by atoms with E-state index < -0.39 is 0 Å². The third-order valence-corrected chi connectivity index (χ3v) is 10.1. The third kappa shape index (κ3) is 7.60. The number of ether oxygens (including phenoxy) is 1. The number of thiophene rings is 1. The molecule has 0 spiro atoms. The molecule has 0 saturated carbocycles. The molecule has 41 heavy (non-hydrogen) atoms. The van der Waals surface area contributed by atoms with Crippen molar-refractivity contribution in [2.24, 2.45) is 11.3 Å². The summed E-state index contributed by atoms with van der Waals surface area (Å²) >= 11 is 2.96. The molecule has 0 aliphatic heterocycles. The molecular formula is C33H40N2O4S2. The fourth-order valence-electron chi connectivity index (χ4n) is 5.07. The number of fused-ring (bicyclic) bond motifs is 1. The largest absolute Gasteiger partial charge is 0.462 e. The highest BCUT2D eigenvalue weighted by atomic mass is 32.2. The van der Waals surface area contributed by atoms with E-state index in [-0.39, 0.29) is 35.1 Å². The lowest BCUT2D eigenvalue weighted by Gasteiger charge is -2.33. The van der Waals surface area contributed by atoms with Crippen LogP contribution < -0.4 is 10.6 Å². The highest BCUT2D eigenvalue weighted by Crippen LogP contribution is 2.45. The van der Waals surface area contributed by atoms with E-state index in [4.69, 9.17) is 4.74 Å². The molecule has 0 fully saturated rings. The normalized spacial score (nSPS) is 15.5. The average Bonchev–Trinajstić information content (AvgIpc) is 3.29. The number of esters is 1. The highest BCUT2D eigenvalue weighted by molar-refractivity contribution is 8.00. The first-order valence-electron chi connectivity index (χ1n) is 14.3. The van der Waals surface area contributed by atoms with Crippen molar-refractivity contribution in [3.05, 3.63) is 75.7 Å². The molecule has 1 aromatic heterocycles. The van der Waals surface area contributed by atoms with Crippen LogP contribution in [0, 0.1) is 18.3 Å². The number of thioether (sulfide) groups is 1. The number of benzene rings is 2. The van der Waals surface area contributed by atoms with Crippen molar-refractivity contribution in [2.75, 3.05) is 17.2 Å². The number of hydrogen-bond donors (Lipinski definition) is 2. The second-order valence-corrected chi connectivity index (χ2v) is 14.0. The minimum Gasteiger partial charge on any atom is -0.462 e. The maximum atomic E-state index is 13.5. The minimum absolute atomic E-state index is 0.150. The van der Waals surface area contributed by atoms with Gasteiger partial charge in [0.25, 0.3) is 5.91 Å². The lowest BCUT2D eigenvalue weighted by atomic mass is 9.72. The molecule has 0 radical (unpaired) electrons. The summed E-state index contributed by atoms with van der Waals surface area (Å²) in [5.41, 5.74) is 4.07. The van der Waals surface area contributed by atoms with E-state index >= 15 is 0 Å². The van der Waals surface area contributed by atoms with Crippen LogP contribution in [0.15, 0.2) is 53.4 Å². The van der Waals surface area contributed by atoms with E-state index in [0.29, 0.717) is 34.2 Å². The molecule has 1 heterocycles. The molecule has 2 atom stereocenters. The molecule has 1 aliphatic carbocycles. The summed E-state index contributed by atoms with van der Waals surface area (Å²) < 4.78 is 5.41. The van der Waals surface area contributed by atoms with Gasteiger partial charge in [-0.15, -0.1) is 23.1 Å². The van der Waals surface area contributed by atoms with Crippen LogP contribution in [0.5, 0.6) is 0 Å². The molecule has 2 aromatic carbocycles. The maximum absolute atomic E-state index is 13.5. The Balaban J connectivity index is 1.50. The Bertz CT molecular complexity index is 1410. The van der Waals surface area contributed by atoms with Gasteiger partial charge in [-0.3, -0.25) is 9.59 Å². The lowest BCUT2D eigenvalue weighted by Crippen LogP contribution is -2.27. The van der Waals surface area contributed by atoms with Crippen LogP contribution in [0.2, 0.25) is 0 Å². The zero-order valence-corrected chi connectivity index (χ0v) is 26.4. The van der Waals surface area contributed by atoms with Crippen molar-refractivity contribution >= 4 is 51.6 Å². The van der Waals surface area contributed by atoms with Crippen LogP contribution in [-0.2, 0) is 22.4 Å². The highest BCUT2D eigenvalue weighted by Gasteiger charge is 2.35. The number of nitrogens with one attached hydrogen (secondary N) is 2. The van der Waals surface area contributed by atoms with Crippen molar-refractivity contribution in [3.8, 4) is 0 Å². The van der Waals surface area contributed by atoms with Gasteiger partial charge >= 0.3 is 5.97 Å². The standard InChI is InChI=1S/C33H40N2O4S2/c1-7-26(40-24-11-9-10-23(19-24)34-29(36)21-14-12-20(3)13-15-21)30(37)35-31-28(32(38)39-8-2)25-17-16-22(33(4,5)6)18-27(25)41-31/h9-15,19,22,26H,7-8,16-18H2,1-6H3,(H,34,36)(H,35,37). The summed E-state index contributed by atoms with van der Waals surface area (Å²) in [4.78, 5) is 41.3. The molecule has 2 N–H and O–H groups in total. The van der Waals surface area contributed by atoms with Crippen molar-refractivity contribution in [1.29, 1.82) is 0 Å². The second-order valence-electron chi connectivity index (χ2n) is 11.6. The van der Waals surface area contributed by atoms with Gasteiger partial charge in [0.1, 0.15) is 5.00 Å². The van der Waals surface area contributed by atoms with Gasteiger partial charge in [-0.1, -0.05) is 51.5 Å². The third-order valence-electron chi connectivity index (χ3n) is 7.55. The lowest BCUT2D eigenvalue weighted by molar-refractivity contribution is -0.115. The van der Waals surface area contributed by atoms with Gasteiger partial charge in [0.2, 0.25) is 5.91 Å². The number of carbonyl (C=O) groups excluding carboxylic acids is 3. The zero-order valence-electron chi connectivity index (χ0n) is 24.8. The van der Waals surface area contributed by atoms with Crippen LogP contribution in [-0.4, -0.2) is 29.6 Å². The smallest absolute Gasteiger partial charge is 0.341 e. The summed E-state index contributed by atoms with van der Waals surface area (Å²) in [7, 11) is 0. The van der Waals surface area contributed by atoms with Gasteiger partial charge < -0.3 is 15.4 Å². The summed E-state index contributed by atoms with van der Waals surface area (Å²) in [5, 5.41) is 6.25. The monoisotopic (exact) mass is 592 g/mol. The van der Waals surface area contributed by atoms with E-state index in [1.165, 1.54) is 28.0 Å². The number of anilines is 2. The Morgan fingerprint density at radius 1 is 1.07 bits per heavy atom. The van der Waals surface area contributed by atoms with Crippen molar-refractivity contribution in [3.63, 3.8) is 0 Å². The first-order chi connectivity index (χ1) is 19.5. The molecule has 0 bridgehead atoms. The van der Waals surface area contributed by atoms with Gasteiger partial charge in [0.15, 0.2) is 0 Å². The summed E-state index contributed by atoms with van der Waals surface area (Å²) in [5.74, 6) is -0.181. The number of aryl methyl sites for hydroxylation is 1. The van der Waals surface area contributed by atoms with Crippen molar-refractivity contribution in [1.82, 2.24) is 0 Å². The molecule has 2 amide bonds. The van der Waals surface area contributed by atoms with Gasteiger partial charge in [-0.25, -0.2) is 4.79 Å². The van der Waals surface area contributed by atoms with E-state index in [0.717, 1.165) is 35.3 Å². The van der Waals surface area contributed by atoms with E-state index in [1.807, 2.05) is 50.2 Å². The summed E-state index contributed by atoms with van der Waals surface area (Å²) in [6.07, 6.45) is 3.32. The van der Waals surface area contributed by atoms with Crippen LogP contribution in [0.3, 0.4) is 0 Å². The van der Waals surface area contributed by atoms with Gasteiger partial charge in [0.05, 0.1) is 17.4 Å². The topological polar surface area (TPSA) is 84.5 Å². The molecule has 1 aliphatic rings. The Morgan fingerprint density at radius 2 is 1.80 bits per heavy atom. The molecule has 218 valence electrons. The molecule has 3 aromatic rings. The molecule has 4 rings (SSSR count). The van der Waals surface area contributed by atoms with Crippen molar-refractivity contribution < 1.29 is 19.1 Å². The number of amides is 2. The number of hydrogen-bond acceptors (Lipinski definition) is 6. The van der Waals surface area contributed by atoms with Gasteiger partial charge in [0, 0.05) is 21.0 Å². The predicted molar refractivity (Wildman–Crippen MR) is 169 cm³/mol. The Labute approximate surface area is 251 Å².